The van der Waals surface area contributed by atoms with Crippen LogP contribution in [-0.4, -0.2) is 20.7 Å². The number of hydrogen-bond acceptors (Lipinski definition) is 3. The van der Waals surface area contributed by atoms with Gasteiger partial charge in [0.15, 0.2) is 5.69 Å². The Kier molecular flexibility index (Phi) is 6.09. The molecule has 174 valence electrons. The highest BCUT2D eigenvalue weighted by molar-refractivity contribution is 6.30. The van der Waals surface area contributed by atoms with Crippen LogP contribution < -0.4 is 0 Å². The number of aliphatic hydroxyl groups is 1. The van der Waals surface area contributed by atoms with E-state index in [1.807, 2.05) is 0 Å². The van der Waals surface area contributed by atoms with Crippen LogP contribution in [0.3, 0.4) is 0 Å². The quantitative estimate of drug-likeness (QED) is 0.424. The minimum absolute atomic E-state index is 0.0130. The molecule has 1 N–H and O–H groups in total. The normalized spacial score (nSPS) is 16.0. The van der Waals surface area contributed by atoms with E-state index in [9.17, 15) is 27.5 Å². The zero-order chi connectivity index (χ0) is 24.0. The Hall–Kier alpha value is -2.71. The van der Waals surface area contributed by atoms with E-state index >= 15 is 0 Å². The van der Waals surface area contributed by atoms with E-state index in [1.54, 1.807) is 31.2 Å². The van der Waals surface area contributed by atoms with E-state index in [4.69, 9.17) is 11.6 Å². The van der Waals surface area contributed by atoms with E-state index in [0.717, 1.165) is 10.7 Å². The summed E-state index contributed by atoms with van der Waals surface area (Å²) in [5, 5.41) is 14.1. The molecule has 1 saturated carbocycles. The average Bonchev–Trinajstić information content (AvgIpc) is 3.33. The highest BCUT2D eigenvalue weighted by Crippen LogP contribution is 2.46. The molecule has 33 heavy (non-hydrogen) atoms. The summed E-state index contributed by atoms with van der Waals surface area (Å²) in [4.78, 5) is 12.8. The number of carbonyl (C=O) groups is 1. The van der Waals surface area contributed by atoms with Gasteiger partial charge in [-0.15, -0.1) is 0 Å². The van der Waals surface area contributed by atoms with Crippen LogP contribution in [0.4, 0.5) is 17.6 Å². The number of carbonyl (C=O) groups excluding carboxylic acids is 1. The Balaban J connectivity index is 1.53. The Morgan fingerprint density at radius 2 is 1.94 bits per heavy atom. The number of aryl methyl sites for hydroxylation is 1. The van der Waals surface area contributed by atoms with Crippen LogP contribution >= 0.6 is 11.6 Å². The van der Waals surface area contributed by atoms with E-state index in [-0.39, 0.29) is 29.9 Å². The third kappa shape index (κ3) is 4.96. The van der Waals surface area contributed by atoms with Gasteiger partial charge in [-0.3, -0.25) is 4.79 Å². The lowest BCUT2D eigenvalue weighted by Crippen LogP contribution is -2.13. The molecule has 0 aliphatic heterocycles. The van der Waals surface area contributed by atoms with Gasteiger partial charge in [0.1, 0.15) is 11.6 Å². The highest BCUT2D eigenvalue weighted by Gasteiger charge is 2.44. The molecule has 2 aromatic carbocycles. The van der Waals surface area contributed by atoms with Gasteiger partial charge in [0, 0.05) is 28.6 Å². The fourth-order valence-electron chi connectivity index (χ4n) is 3.79. The molecule has 3 aromatic rings. The molecule has 1 unspecified atom stereocenters. The first-order chi connectivity index (χ1) is 15.5. The van der Waals surface area contributed by atoms with Crippen molar-refractivity contribution in [2.45, 2.75) is 50.3 Å². The summed E-state index contributed by atoms with van der Waals surface area (Å²) < 4.78 is 55.4. The van der Waals surface area contributed by atoms with E-state index in [2.05, 4.69) is 5.10 Å². The van der Waals surface area contributed by atoms with Gasteiger partial charge in [-0.2, -0.15) is 18.3 Å². The lowest BCUT2D eigenvalue weighted by molar-refractivity contribution is -0.141. The standard InChI is InChI=1S/C24H21ClF4N2O2/c1-14(15-5-7-19(20(26)11-15)23(33)9-10-23)21(32)8-6-18-13-22(24(27,28)29)30-31(18)17-4-2-3-16(25)12-17/h2-5,7,11-14,33H,6,8-10H2,1H3. The number of halogens is 5. The minimum atomic E-state index is -4.64. The number of aromatic nitrogens is 2. The lowest BCUT2D eigenvalue weighted by Gasteiger charge is -2.15. The predicted molar refractivity (Wildman–Crippen MR) is 115 cm³/mol. The highest BCUT2D eigenvalue weighted by atomic mass is 35.5. The van der Waals surface area contributed by atoms with Crippen LogP contribution in [0.2, 0.25) is 5.02 Å². The van der Waals surface area contributed by atoms with Gasteiger partial charge in [0.2, 0.25) is 0 Å². The summed E-state index contributed by atoms with van der Waals surface area (Å²) in [5.74, 6) is -1.48. The van der Waals surface area contributed by atoms with Crippen molar-refractivity contribution in [2.24, 2.45) is 0 Å². The minimum Gasteiger partial charge on any atom is -0.385 e. The van der Waals surface area contributed by atoms with Crippen LogP contribution in [0.25, 0.3) is 5.69 Å². The van der Waals surface area contributed by atoms with Crippen molar-refractivity contribution in [1.82, 2.24) is 9.78 Å². The van der Waals surface area contributed by atoms with Crippen LogP contribution in [0.5, 0.6) is 0 Å². The smallest absolute Gasteiger partial charge is 0.385 e. The van der Waals surface area contributed by atoms with Gasteiger partial charge >= 0.3 is 6.18 Å². The third-order valence-corrected chi connectivity index (χ3v) is 6.19. The first-order valence-corrected chi connectivity index (χ1v) is 10.8. The van der Waals surface area contributed by atoms with E-state index in [0.29, 0.717) is 29.1 Å². The van der Waals surface area contributed by atoms with Crippen LogP contribution in [-0.2, 0) is 23.0 Å². The molecule has 1 fully saturated rings. The fourth-order valence-corrected chi connectivity index (χ4v) is 3.97. The molecular formula is C24H21ClF4N2O2. The summed E-state index contributed by atoms with van der Waals surface area (Å²) in [6.45, 7) is 1.62. The van der Waals surface area contributed by atoms with Gasteiger partial charge in [-0.25, -0.2) is 9.07 Å². The van der Waals surface area contributed by atoms with Gasteiger partial charge in [-0.1, -0.05) is 36.7 Å². The second-order valence-electron chi connectivity index (χ2n) is 8.37. The number of nitrogens with zero attached hydrogens (tertiary/aromatic N) is 2. The molecule has 0 saturated heterocycles. The van der Waals surface area contributed by atoms with Crippen LogP contribution in [0.15, 0.2) is 48.5 Å². The van der Waals surface area contributed by atoms with Crippen LogP contribution in [0.1, 0.15) is 54.6 Å². The van der Waals surface area contributed by atoms with Gasteiger partial charge in [0.25, 0.3) is 0 Å². The van der Waals surface area contributed by atoms with Gasteiger partial charge in [-0.05, 0) is 55.2 Å². The summed E-state index contributed by atoms with van der Waals surface area (Å²) in [6.07, 6.45) is -3.69. The van der Waals surface area contributed by atoms with Crippen molar-refractivity contribution in [2.75, 3.05) is 0 Å². The van der Waals surface area contributed by atoms with Crippen molar-refractivity contribution < 1.29 is 27.5 Å². The summed E-state index contributed by atoms with van der Waals surface area (Å²) >= 11 is 5.97. The molecule has 1 heterocycles. The monoisotopic (exact) mass is 480 g/mol. The lowest BCUT2D eigenvalue weighted by atomic mass is 9.92. The molecular weight excluding hydrogens is 460 g/mol. The number of ketones is 1. The first kappa shape index (κ1) is 23.4. The van der Waals surface area contributed by atoms with Crippen molar-refractivity contribution >= 4 is 17.4 Å². The van der Waals surface area contributed by atoms with Crippen molar-refractivity contribution in [3.8, 4) is 5.69 Å². The second-order valence-corrected chi connectivity index (χ2v) is 8.81. The van der Waals surface area contributed by atoms with Gasteiger partial charge in [0.05, 0.1) is 11.3 Å². The molecule has 9 heteroatoms. The zero-order valence-electron chi connectivity index (χ0n) is 17.7. The summed E-state index contributed by atoms with van der Waals surface area (Å²) in [6, 6.07) is 11.5. The number of Topliss-reactive ketones (excluding diaryl/α,β-unsaturated/α-hetero) is 1. The molecule has 4 rings (SSSR count). The Bertz CT molecular complexity index is 1200. The molecule has 1 atom stereocenters. The van der Waals surface area contributed by atoms with Crippen molar-refractivity contribution in [3.63, 3.8) is 0 Å². The molecule has 0 amide bonds. The average molecular weight is 481 g/mol. The Labute approximate surface area is 192 Å². The second kappa shape index (κ2) is 8.57. The van der Waals surface area contributed by atoms with E-state index < -0.39 is 29.2 Å². The van der Waals surface area contributed by atoms with Crippen LogP contribution in [0, 0.1) is 5.82 Å². The Morgan fingerprint density at radius 1 is 1.21 bits per heavy atom. The third-order valence-electron chi connectivity index (χ3n) is 5.95. The molecule has 0 bridgehead atoms. The SMILES string of the molecule is CC(C(=O)CCc1cc(C(F)(F)F)nn1-c1cccc(Cl)c1)c1ccc(C2(O)CC2)c(F)c1. The Morgan fingerprint density at radius 3 is 2.55 bits per heavy atom. The number of hydrogen-bond donors (Lipinski definition) is 1. The van der Waals surface area contributed by atoms with E-state index in [1.165, 1.54) is 18.2 Å². The number of benzene rings is 2. The van der Waals surface area contributed by atoms with Gasteiger partial charge < -0.3 is 5.11 Å². The molecule has 0 spiro atoms. The summed E-state index contributed by atoms with van der Waals surface area (Å²) in [5.41, 5.74) is -0.952. The molecule has 1 aromatic heterocycles. The maximum atomic E-state index is 14.4. The maximum absolute atomic E-state index is 14.4. The largest absolute Gasteiger partial charge is 0.435 e. The summed E-state index contributed by atoms with van der Waals surface area (Å²) in [7, 11) is 0. The number of alkyl halides is 3. The maximum Gasteiger partial charge on any atom is 0.435 e. The van der Waals surface area contributed by atoms with Crippen molar-refractivity contribution in [3.05, 3.63) is 81.9 Å². The first-order valence-electron chi connectivity index (χ1n) is 10.4. The molecule has 4 nitrogen and oxygen atoms in total. The topological polar surface area (TPSA) is 55.1 Å². The molecule has 0 radical (unpaired) electrons. The molecule has 1 aliphatic carbocycles. The van der Waals surface area contributed by atoms with Crippen molar-refractivity contribution in [1.29, 1.82) is 0 Å². The zero-order valence-corrected chi connectivity index (χ0v) is 18.4. The fraction of sp³-hybridized carbons (Fsp3) is 0.333. The number of rotatable bonds is 7. The molecule has 1 aliphatic rings. The predicted octanol–water partition coefficient (Wildman–Crippen LogP) is 5.97.